The fourth-order valence-corrected chi connectivity index (χ4v) is 3.43. The maximum absolute atomic E-state index is 4.41. The van der Waals surface area contributed by atoms with Gasteiger partial charge >= 0.3 is 0 Å². The summed E-state index contributed by atoms with van der Waals surface area (Å²) in [5.41, 5.74) is 2.31. The second-order valence-electron chi connectivity index (χ2n) is 5.19. The molecule has 1 aromatic heterocycles. The molecule has 4 aromatic rings. The fraction of sp³-hybridized carbons (Fsp3) is 0. The molecule has 0 saturated heterocycles. The summed E-state index contributed by atoms with van der Waals surface area (Å²) < 4.78 is 1.78. The van der Waals surface area contributed by atoms with E-state index in [4.69, 9.17) is 0 Å². The van der Waals surface area contributed by atoms with Gasteiger partial charge in [-0.2, -0.15) is 0 Å². The predicted octanol–water partition coefficient (Wildman–Crippen LogP) is 6.58. The van der Waals surface area contributed by atoms with E-state index in [2.05, 4.69) is 97.5 Å². The van der Waals surface area contributed by atoms with Crippen molar-refractivity contribution >= 4 is 53.4 Å². The molecule has 0 fully saturated rings. The largest absolute Gasteiger partial charge is 0.248 e. The molecule has 0 bridgehead atoms. The molecule has 0 aliphatic heterocycles. The van der Waals surface area contributed by atoms with E-state index in [0.29, 0.717) is 0 Å². The Labute approximate surface area is 145 Å². The fourth-order valence-electron chi connectivity index (χ4n) is 2.86. The predicted molar refractivity (Wildman–Crippen MR) is 100 cm³/mol. The summed E-state index contributed by atoms with van der Waals surface area (Å²) >= 11 is 6.98. The van der Waals surface area contributed by atoms with Crippen LogP contribution in [0.25, 0.3) is 32.7 Å². The number of halogens is 2. The summed E-state index contributed by atoms with van der Waals surface area (Å²) in [5.74, 6) is 0. The minimum Gasteiger partial charge on any atom is -0.248 e. The molecule has 4 rings (SSSR count). The molecule has 0 unspecified atom stereocenters. The van der Waals surface area contributed by atoms with Crippen molar-refractivity contribution in [2.45, 2.75) is 0 Å². The maximum atomic E-state index is 4.41. The van der Waals surface area contributed by atoms with Gasteiger partial charge in [-0.05, 0) is 71.1 Å². The number of nitrogens with zero attached hydrogens (tertiary/aromatic N) is 1. The molecule has 0 atom stereocenters. The summed E-state index contributed by atoms with van der Waals surface area (Å²) in [7, 11) is 0. The summed E-state index contributed by atoms with van der Waals surface area (Å²) in [6.45, 7) is 0. The Bertz CT molecular complexity index is 1010. The van der Waals surface area contributed by atoms with Gasteiger partial charge in [0.25, 0.3) is 0 Å². The van der Waals surface area contributed by atoms with Gasteiger partial charge in [-0.3, -0.25) is 0 Å². The molecule has 0 aliphatic carbocycles. The topological polar surface area (TPSA) is 12.9 Å². The number of hydrogen-bond donors (Lipinski definition) is 0. The SMILES string of the molecule is Brc1cc(-c2cc3ccccc3c3ccccc23)cnc1Br. The van der Waals surface area contributed by atoms with E-state index in [0.717, 1.165) is 14.6 Å². The third-order valence-electron chi connectivity index (χ3n) is 3.88. The summed E-state index contributed by atoms with van der Waals surface area (Å²) in [4.78, 5) is 4.41. The van der Waals surface area contributed by atoms with Crippen LogP contribution >= 0.6 is 31.9 Å². The first-order valence-corrected chi connectivity index (χ1v) is 8.54. The lowest BCUT2D eigenvalue weighted by Gasteiger charge is -2.11. The number of hydrogen-bond acceptors (Lipinski definition) is 1. The van der Waals surface area contributed by atoms with Crippen molar-refractivity contribution in [1.29, 1.82) is 0 Å². The third-order valence-corrected chi connectivity index (χ3v) is 5.64. The zero-order valence-electron chi connectivity index (χ0n) is 11.6. The molecule has 0 aliphatic rings. The first-order chi connectivity index (χ1) is 10.7. The molecule has 1 nitrogen and oxygen atoms in total. The molecule has 0 saturated carbocycles. The van der Waals surface area contributed by atoms with Crippen molar-refractivity contribution in [3.63, 3.8) is 0 Å². The van der Waals surface area contributed by atoms with Crippen LogP contribution in [-0.4, -0.2) is 4.98 Å². The van der Waals surface area contributed by atoms with E-state index in [9.17, 15) is 0 Å². The van der Waals surface area contributed by atoms with E-state index in [1.165, 1.54) is 27.1 Å². The molecule has 0 spiro atoms. The number of benzene rings is 3. The average molecular weight is 413 g/mol. The van der Waals surface area contributed by atoms with Gasteiger partial charge < -0.3 is 0 Å². The van der Waals surface area contributed by atoms with Gasteiger partial charge in [-0.1, -0.05) is 48.5 Å². The van der Waals surface area contributed by atoms with Gasteiger partial charge in [0, 0.05) is 11.8 Å². The second-order valence-corrected chi connectivity index (χ2v) is 6.79. The van der Waals surface area contributed by atoms with Crippen molar-refractivity contribution < 1.29 is 0 Å². The maximum Gasteiger partial charge on any atom is 0.120 e. The summed E-state index contributed by atoms with van der Waals surface area (Å²) in [6, 6.07) is 21.4. The van der Waals surface area contributed by atoms with Crippen LogP contribution in [0.15, 0.2) is 75.9 Å². The van der Waals surface area contributed by atoms with Gasteiger partial charge in [-0.25, -0.2) is 4.98 Å². The molecule has 0 radical (unpaired) electrons. The standard InChI is InChI=1S/C19H11Br2N/c20-18-10-13(11-22-19(18)21)17-9-12-5-1-2-6-14(12)15-7-3-4-8-16(15)17/h1-11H. The normalized spacial score (nSPS) is 11.2. The lowest BCUT2D eigenvalue weighted by atomic mass is 9.94. The molecular weight excluding hydrogens is 402 g/mol. The van der Waals surface area contributed by atoms with Crippen LogP contribution < -0.4 is 0 Å². The highest BCUT2D eigenvalue weighted by Gasteiger charge is 2.09. The minimum atomic E-state index is 0.821. The lowest BCUT2D eigenvalue weighted by molar-refractivity contribution is 1.26. The molecule has 3 aromatic carbocycles. The van der Waals surface area contributed by atoms with Gasteiger partial charge in [-0.15, -0.1) is 0 Å². The summed E-state index contributed by atoms with van der Waals surface area (Å²) in [6.07, 6.45) is 1.91. The van der Waals surface area contributed by atoms with Crippen LogP contribution in [0.3, 0.4) is 0 Å². The quantitative estimate of drug-likeness (QED) is 0.254. The highest BCUT2D eigenvalue weighted by Crippen LogP contribution is 2.36. The van der Waals surface area contributed by atoms with Gasteiger partial charge in [0.2, 0.25) is 0 Å². The number of pyridine rings is 1. The van der Waals surface area contributed by atoms with E-state index in [1.807, 2.05) is 6.20 Å². The van der Waals surface area contributed by atoms with Gasteiger partial charge in [0.05, 0.1) is 4.47 Å². The monoisotopic (exact) mass is 411 g/mol. The highest BCUT2D eigenvalue weighted by molar-refractivity contribution is 9.13. The first kappa shape index (κ1) is 13.9. The van der Waals surface area contributed by atoms with Crippen molar-refractivity contribution in [2.75, 3.05) is 0 Å². The van der Waals surface area contributed by atoms with Crippen LogP contribution in [0.1, 0.15) is 0 Å². The van der Waals surface area contributed by atoms with E-state index in [-0.39, 0.29) is 0 Å². The lowest BCUT2D eigenvalue weighted by Crippen LogP contribution is -1.86. The molecule has 106 valence electrons. The molecule has 1 heterocycles. The van der Waals surface area contributed by atoms with Crippen LogP contribution in [0, 0.1) is 0 Å². The van der Waals surface area contributed by atoms with Crippen LogP contribution in [-0.2, 0) is 0 Å². The molecule has 0 amide bonds. The molecule has 22 heavy (non-hydrogen) atoms. The van der Waals surface area contributed by atoms with Gasteiger partial charge in [0.15, 0.2) is 0 Å². The Morgan fingerprint density at radius 1 is 0.727 bits per heavy atom. The van der Waals surface area contributed by atoms with Crippen LogP contribution in [0.2, 0.25) is 0 Å². The van der Waals surface area contributed by atoms with E-state index in [1.54, 1.807) is 0 Å². The second kappa shape index (κ2) is 5.49. The summed E-state index contributed by atoms with van der Waals surface area (Å²) in [5, 5.41) is 5.05. The van der Waals surface area contributed by atoms with Crippen molar-refractivity contribution in [3.8, 4) is 11.1 Å². The van der Waals surface area contributed by atoms with Crippen LogP contribution in [0.5, 0.6) is 0 Å². The molecule has 3 heteroatoms. The Morgan fingerprint density at radius 3 is 2.18 bits per heavy atom. The zero-order valence-corrected chi connectivity index (χ0v) is 14.7. The Kier molecular flexibility index (Phi) is 3.47. The van der Waals surface area contributed by atoms with E-state index < -0.39 is 0 Å². The molecule has 0 N–H and O–H groups in total. The minimum absolute atomic E-state index is 0.821. The Morgan fingerprint density at radius 2 is 1.41 bits per heavy atom. The average Bonchev–Trinajstić information content (AvgIpc) is 2.57. The van der Waals surface area contributed by atoms with Crippen molar-refractivity contribution in [1.82, 2.24) is 4.98 Å². The smallest absolute Gasteiger partial charge is 0.120 e. The first-order valence-electron chi connectivity index (χ1n) is 6.96. The van der Waals surface area contributed by atoms with Crippen molar-refractivity contribution in [2.24, 2.45) is 0 Å². The highest BCUT2D eigenvalue weighted by atomic mass is 79.9. The molecular formula is C19H11Br2N. The number of rotatable bonds is 1. The third kappa shape index (κ3) is 2.25. The Hall–Kier alpha value is -1.71. The van der Waals surface area contributed by atoms with Crippen LogP contribution in [0.4, 0.5) is 0 Å². The van der Waals surface area contributed by atoms with Crippen molar-refractivity contribution in [3.05, 3.63) is 75.9 Å². The van der Waals surface area contributed by atoms with E-state index >= 15 is 0 Å². The number of fused-ring (bicyclic) bond motifs is 3. The van der Waals surface area contributed by atoms with Gasteiger partial charge in [0.1, 0.15) is 4.60 Å². The Balaban J connectivity index is 2.13. The number of aromatic nitrogens is 1. The zero-order chi connectivity index (χ0) is 15.1.